The lowest BCUT2D eigenvalue weighted by atomic mass is 9.99. The van der Waals surface area contributed by atoms with Crippen LogP contribution in [0.15, 0.2) is 0 Å². The predicted molar refractivity (Wildman–Crippen MR) is 129 cm³/mol. The van der Waals surface area contributed by atoms with Crippen molar-refractivity contribution in [2.24, 2.45) is 0 Å². The molecule has 0 aromatic carbocycles. The monoisotopic (exact) mass is 491 g/mol. The second-order valence-corrected chi connectivity index (χ2v) is 9.49. The molecule has 0 aliphatic carbocycles. The van der Waals surface area contributed by atoms with Crippen molar-refractivity contribution in [2.45, 2.75) is 140 Å². The van der Waals surface area contributed by atoms with Crippen molar-refractivity contribution < 1.29 is 39.8 Å². The number of amides is 1. The molecule has 202 valence electrons. The van der Waals surface area contributed by atoms with Gasteiger partial charge in [0.25, 0.3) is 0 Å². The largest absolute Gasteiger partial charge is 0.394 e. The minimum absolute atomic E-state index is 0.140. The van der Waals surface area contributed by atoms with Crippen LogP contribution in [0.2, 0.25) is 0 Å². The fourth-order valence-corrected chi connectivity index (χ4v) is 4.16. The van der Waals surface area contributed by atoms with Gasteiger partial charge in [0, 0.05) is 6.42 Å². The Labute approximate surface area is 204 Å². The van der Waals surface area contributed by atoms with E-state index in [1.165, 1.54) is 32.1 Å². The molecule has 1 amide bonds. The Morgan fingerprint density at radius 3 is 2.09 bits per heavy atom. The van der Waals surface area contributed by atoms with E-state index in [1.54, 1.807) is 0 Å². The zero-order valence-corrected chi connectivity index (χ0v) is 21.1. The number of unbranched alkanes of at least 4 members (excludes halogenated alkanes) is 9. The van der Waals surface area contributed by atoms with Gasteiger partial charge in [-0.2, -0.15) is 0 Å². The van der Waals surface area contributed by atoms with E-state index < -0.39 is 49.5 Å². The van der Waals surface area contributed by atoms with Crippen LogP contribution in [0.3, 0.4) is 0 Å². The van der Waals surface area contributed by atoms with Crippen LogP contribution in [0.5, 0.6) is 0 Å². The van der Waals surface area contributed by atoms with Gasteiger partial charge in [0.15, 0.2) is 6.29 Å². The van der Waals surface area contributed by atoms with E-state index in [2.05, 4.69) is 19.2 Å². The summed E-state index contributed by atoms with van der Waals surface area (Å²) in [6.45, 7) is 3.57. The number of carbonyl (C=O) groups is 1. The molecule has 0 bridgehead atoms. The minimum Gasteiger partial charge on any atom is -0.394 e. The van der Waals surface area contributed by atoms with Crippen molar-refractivity contribution >= 4 is 5.91 Å². The number of nitrogens with one attached hydrogen (secondary N) is 1. The van der Waals surface area contributed by atoms with Crippen LogP contribution in [-0.2, 0) is 14.3 Å². The zero-order chi connectivity index (χ0) is 25.3. The van der Waals surface area contributed by atoms with Gasteiger partial charge in [0.05, 0.1) is 25.4 Å². The van der Waals surface area contributed by atoms with E-state index in [1.807, 2.05) is 0 Å². The van der Waals surface area contributed by atoms with Gasteiger partial charge in [0.2, 0.25) is 5.91 Å². The van der Waals surface area contributed by atoms with Crippen molar-refractivity contribution in [2.75, 3.05) is 13.2 Å². The first kappa shape index (κ1) is 31.2. The molecule has 0 aromatic heterocycles. The Balaban J connectivity index is 2.53. The van der Waals surface area contributed by atoms with Gasteiger partial charge >= 0.3 is 0 Å². The van der Waals surface area contributed by atoms with Gasteiger partial charge in [-0.25, -0.2) is 0 Å². The molecular weight excluding hydrogens is 442 g/mol. The quantitative estimate of drug-likeness (QED) is 0.150. The molecule has 1 aliphatic heterocycles. The van der Waals surface area contributed by atoms with Crippen LogP contribution >= 0.6 is 0 Å². The highest BCUT2D eigenvalue weighted by atomic mass is 16.7. The highest BCUT2D eigenvalue weighted by molar-refractivity contribution is 5.76. The standard InChI is InChI=1S/C25H49NO8/c1-3-5-7-8-9-10-11-13-15-21(29)26-18(19(28)14-12-6-4-2)17-33-25-24(32)23(31)22(30)20(16-27)34-25/h18-20,22-25,27-28,30-32H,3-17H2,1-2H3,(H,26,29). The third kappa shape index (κ3) is 11.7. The molecule has 0 spiro atoms. The lowest BCUT2D eigenvalue weighted by molar-refractivity contribution is -0.302. The smallest absolute Gasteiger partial charge is 0.220 e. The maximum atomic E-state index is 12.5. The van der Waals surface area contributed by atoms with Gasteiger partial charge in [0.1, 0.15) is 24.4 Å². The van der Waals surface area contributed by atoms with Crippen molar-refractivity contribution in [1.82, 2.24) is 5.32 Å². The summed E-state index contributed by atoms with van der Waals surface area (Å²) in [6.07, 6.45) is 4.97. The molecule has 7 atom stereocenters. The molecular formula is C25H49NO8. The number of ether oxygens (including phenoxy) is 2. The highest BCUT2D eigenvalue weighted by Crippen LogP contribution is 2.22. The van der Waals surface area contributed by atoms with Crippen LogP contribution in [0, 0.1) is 0 Å². The van der Waals surface area contributed by atoms with Gasteiger partial charge in [-0.05, 0) is 12.8 Å². The van der Waals surface area contributed by atoms with Gasteiger partial charge in [-0.15, -0.1) is 0 Å². The van der Waals surface area contributed by atoms with Gasteiger partial charge < -0.3 is 40.3 Å². The van der Waals surface area contributed by atoms with Crippen molar-refractivity contribution in [3.63, 3.8) is 0 Å². The average molecular weight is 492 g/mol. The lowest BCUT2D eigenvalue weighted by Crippen LogP contribution is -2.60. The van der Waals surface area contributed by atoms with E-state index in [4.69, 9.17) is 9.47 Å². The second kappa shape index (κ2) is 18.5. The van der Waals surface area contributed by atoms with Crippen molar-refractivity contribution in [1.29, 1.82) is 0 Å². The third-order valence-corrected chi connectivity index (χ3v) is 6.46. The molecule has 9 heteroatoms. The molecule has 1 heterocycles. The van der Waals surface area contributed by atoms with Crippen LogP contribution in [0.4, 0.5) is 0 Å². The summed E-state index contributed by atoms with van der Waals surface area (Å²) in [7, 11) is 0. The summed E-state index contributed by atoms with van der Waals surface area (Å²) in [5, 5.41) is 52.9. The Morgan fingerprint density at radius 1 is 0.882 bits per heavy atom. The van der Waals surface area contributed by atoms with E-state index in [9.17, 15) is 30.3 Å². The summed E-state index contributed by atoms with van der Waals surface area (Å²) >= 11 is 0. The van der Waals surface area contributed by atoms with Crippen LogP contribution in [0.25, 0.3) is 0 Å². The number of hydrogen-bond acceptors (Lipinski definition) is 8. The first-order chi connectivity index (χ1) is 16.3. The molecule has 0 saturated carbocycles. The van der Waals surface area contributed by atoms with Crippen molar-refractivity contribution in [3.8, 4) is 0 Å². The third-order valence-electron chi connectivity index (χ3n) is 6.46. The summed E-state index contributed by atoms with van der Waals surface area (Å²) in [5.74, 6) is -0.164. The molecule has 6 N–H and O–H groups in total. The van der Waals surface area contributed by atoms with Gasteiger partial charge in [-0.3, -0.25) is 4.79 Å². The van der Waals surface area contributed by atoms with E-state index >= 15 is 0 Å². The number of aliphatic hydroxyl groups is 5. The van der Waals surface area contributed by atoms with Crippen molar-refractivity contribution in [3.05, 3.63) is 0 Å². The first-order valence-electron chi connectivity index (χ1n) is 13.2. The predicted octanol–water partition coefficient (Wildman–Crippen LogP) is 1.76. The summed E-state index contributed by atoms with van der Waals surface area (Å²) in [5.41, 5.74) is 0. The molecule has 9 nitrogen and oxygen atoms in total. The molecule has 0 radical (unpaired) electrons. The fourth-order valence-electron chi connectivity index (χ4n) is 4.16. The molecule has 34 heavy (non-hydrogen) atoms. The average Bonchev–Trinajstić information content (AvgIpc) is 2.83. The fraction of sp³-hybridized carbons (Fsp3) is 0.960. The van der Waals surface area contributed by atoms with Crippen LogP contribution in [0.1, 0.15) is 97.3 Å². The Morgan fingerprint density at radius 2 is 1.47 bits per heavy atom. The molecule has 1 rings (SSSR count). The normalized spacial score (nSPS) is 26.9. The van der Waals surface area contributed by atoms with Crippen LogP contribution < -0.4 is 5.32 Å². The molecule has 7 unspecified atom stereocenters. The molecule has 0 aromatic rings. The number of carbonyl (C=O) groups excluding carboxylic acids is 1. The molecule has 1 saturated heterocycles. The Hall–Kier alpha value is -0.810. The maximum absolute atomic E-state index is 12.5. The Kier molecular flexibility index (Phi) is 16.9. The number of rotatable bonds is 19. The van der Waals surface area contributed by atoms with Crippen LogP contribution in [-0.4, -0.2) is 87.5 Å². The molecule has 1 fully saturated rings. The van der Waals surface area contributed by atoms with E-state index in [0.717, 1.165) is 38.5 Å². The Bertz CT molecular complexity index is 521. The summed E-state index contributed by atoms with van der Waals surface area (Å²) in [6, 6.07) is -0.703. The first-order valence-corrected chi connectivity index (χ1v) is 13.2. The van der Waals surface area contributed by atoms with Gasteiger partial charge in [-0.1, -0.05) is 78.1 Å². The lowest BCUT2D eigenvalue weighted by Gasteiger charge is -2.40. The summed E-state index contributed by atoms with van der Waals surface area (Å²) in [4.78, 5) is 12.5. The number of aliphatic hydroxyl groups excluding tert-OH is 5. The minimum atomic E-state index is -1.54. The summed E-state index contributed by atoms with van der Waals surface area (Å²) < 4.78 is 11.0. The van der Waals surface area contributed by atoms with E-state index in [0.29, 0.717) is 12.8 Å². The molecule has 1 aliphatic rings. The highest BCUT2D eigenvalue weighted by Gasteiger charge is 2.44. The topological polar surface area (TPSA) is 149 Å². The number of hydrogen-bond donors (Lipinski definition) is 6. The zero-order valence-electron chi connectivity index (χ0n) is 21.1. The second-order valence-electron chi connectivity index (χ2n) is 9.49. The van der Waals surface area contributed by atoms with E-state index in [-0.39, 0.29) is 12.5 Å². The SMILES string of the molecule is CCCCCCCCCCC(=O)NC(COC1OC(CO)C(O)C(O)C1O)C(O)CCCCC. The maximum Gasteiger partial charge on any atom is 0.220 e.